The molecule has 0 aliphatic carbocycles. The summed E-state index contributed by atoms with van der Waals surface area (Å²) >= 11 is 0. The Bertz CT molecular complexity index is 833. The second-order valence-corrected chi connectivity index (χ2v) is 6.88. The van der Waals surface area contributed by atoms with Crippen LogP contribution in [0.25, 0.3) is 0 Å². The number of rotatable bonds is 4. The number of likely N-dealkylation sites (N-methyl/N-ethyl adjacent to an activating group) is 1. The van der Waals surface area contributed by atoms with Crippen molar-refractivity contribution in [1.29, 1.82) is 0 Å². The van der Waals surface area contributed by atoms with Crippen molar-refractivity contribution in [2.75, 3.05) is 54.9 Å². The summed E-state index contributed by atoms with van der Waals surface area (Å²) in [5.41, 5.74) is 0. The third-order valence-corrected chi connectivity index (χ3v) is 5.01. The van der Waals surface area contributed by atoms with E-state index in [1.165, 1.54) is 12.4 Å². The monoisotopic (exact) mass is 371 g/mol. The van der Waals surface area contributed by atoms with Gasteiger partial charge in [0.2, 0.25) is 5.91 Å². The summed E-state index contributed by atoms with van der Waals surface area (Å²) in [6, 6.07) is 5.03. The Morgan fingerprint density at radius 2 is 2.07 bits per heavy atom. The Morgan fingerprint density at radius 1 is 1.19 bits per heavy atom. The quantitative estimate of drug-likeness (QED) is 0.858. The molecule has 1 unspecified atom stereocenters. The lowest BCUT2D eigenvalue weighted by Gasteiger charge is -2.32. The van der Waals surface area contributed by atoms with Gasteiger partial charge in [0.25, 0.3) is 0 Å². The maximum atomic E-state index is 13.9. The van der Waals surface area contributed by atoms with E-state index < -0.39 is 0 Å². The lowest BCUT2D eigenvalue weighted by molar-refractivity contribution is -0.129. The van der Waals surface area contributed by atoms with Crippen molar-refractivity contribution in [1.82, 2.24) is 19.9 Å². The van der Waals surface area contributed by atoms with E-state index in [1.807, 2.05) is 22.9 Å². The topological polar surface area (TPSA) is 77.5 Å². The minimum atomic E-state index is -0.304. The second-order valence-electron chi connectivity index (χ2n) is 6.88. The number of carbonyl (C=O) groups excluding carboxylic acids is 1. The van der Waals surface area contributed by atoms with Gasteiger partial charge in [0, 0.05) is 51.5 Å². The summed E-state index contributed by atoms with van der Waals surface area (Å²) in [7, 11) is 1.81. The van der Waals surface area contributed by atoms with Crippen LogP contribution in [0.5, 0.6) is 0 Å². The van der Waals surface area contributed by atoms with Crippen molar-refractivity contribution >= 4 is 23.4 Å². The van der Waals surface area contributed by atoms with E-state index in [0.717, 1.165) is 25.3 Å². The normalized spacial score (nSPS) is 20.3. The largest absolute Gasteiger partial charge is 0.365 e. The molecule has 1 N–H and O–H groups in total. The number of amides is 1. The van der Waals surface area contributed by atoms with E-state index in [9.17, 15) is 9.18 Å². The van der Waals surface area contributed by atoms with E-state index in [1.54, 1.807) is 17.2 Å². The summed E-state index contributed by atoms with van der Waals surface area (Å²) in [5.74, 6) is 1.61. The SMILES string of the molecule is CN1CCN(c2cc(NC3CCN(c4ncccc4F)C3)ncn2)CC1=O. The minimum Gasteiger partial charge on any atom is -0.365 e. The van der Waals surface area contributed by atoms with Gasteiger partial charge in [0.1, 0.15) is 18.0 Å². The average Bonchev–Trinajstić information content (AvgIpc) is 3.13. The van der Waals surface area contributed by atoms with Gasteiger partial charge < -0.3 is 20.0 Å². The molecular weight excluding hydrogens is 349 g/mol. The predicted octanol–water partition coefficient (Wildman–Crippen LogP) is 0.980. The van der Waals surface area contributed by atoms with Gasteiger partial charge in [0.15, 0.2) is 11.6 Å². The summed E-state index contributed by atoms with van der Waals surface area (Å²) in [6.45, 7) is 3.13. The predicted molar refractivity (Wildman–Crippen MR) is 100 cm³/mol. The standard InChI is InChI=1S/C18H22FN7O/c1-24-7-8-25(11-17(24)27)16-9-15(21-12-22-16)23-13-4-6-26(10-13)18-14(19)3-2-5-20-18/h2-3,5,9,12-13H,4,6-8,10-11H2,1H3,(H,21,22,23). The molecule has 2 aliphatic rings. The molecule has 0 aromatic carbocycles. The number of halogens is 1. The zero-order valence-electron chi connectivity index (χ0n) is 15.2. The van der Waals surface area contributed by atoms with Crippen molar-refractivity contribution < 1.29 is 9.18 Å². The zero-order chi connectivity index (χ0) is 18.8. The number of nitrogens with one attached hydrogen (secondary N) is 1. The number of hydrogen-bond donors (Lipinski definition) is 1. The molecule has 1 amide bonds. The highest BCUT2D eigenvalue weighted by Gasteiger charge is 2.26. The van der Waals surface area contributed by atoms with Gasteiger partial charge in [0.05, 0.1) is 6.54 Å². The molecule has 0 radical (unpaired) electrons. The first-order valence-corrected chi connectivity index (χ1v) is 9.03. The highest BCUT2D eigenvalue weighted by Crippen LogP contribution is 2.23. The van der Waals surface area contributed by atoms with Crippen molar-refractivity contribution in [2.24, 2.45) is 0 Å². The highest BCUT2D eigenvalue weighted by atomic mass is 19.1. The summed E-state index contributed by atoms with van der Waals surface area (Å²) < 4.78 is 13.9. The highest BCUT2D eigenvalue weighted by molar-refractivity contribution is 5.82. The Balaban J connectivity index is 1.41. The minimum absolute atomic E-state index is 0.0817. The number of nitrogens with zero attached hydrogens (tertiary/aromatic N) is 6. The molecule has 4 heterocycles. The van der Waals surface area contributed by atoms with Crippen LogP contribution in [-0.4, -0.2) is 71.6 Å². The first kappa shape index (κ1) is 17.4. The smallest absolute Gasteiger partial charge is 0.241 e. The Hall–Kier alpha value is -2.97. The Kier molecular flexibility index (Phi) is 4.74. The molecule has 1 atom stereocenters. The number of carbonyl (C=O) groups is 1. The van der Waals surface area contributed by atoms with Crippen LogP contribution in [0.15, 0.2) is 30.7 Å². The molecule has 2 aliphatic heterocycles. The fourth-order valence-electron chi connectivity index (χ4n) is 3.44. The van der Waals surface area contributed by atoms with Crippen molar-refractivity contribution in [3.8, 4) is 0 Å². The molecule has 0 saturated carbocycles. The maximum absolute atomic E-state index is 13.9. The number of anilines is 3. The Labute approximate surface area is 157 Å². The van der Waals surface area contributed by atoms with Crippen molar-refractivity contribution in [3.05, 3.63) is 36.5 Å². The van der Waals surface area contributed by atoms with E-state index in [4.69, 9.17) is 0 Å². The zero-order valence-corrected chi connectivity index (χ0v) is 15.2. The number of hydrogen-bond acceptors (Lipinski definition) is 7. The summed E-state index contributed by atoms with van der Waals surface area (Å²) in [4.78, 5) is 30.3. The fraction of sp³-hybridized carbons (Fsp3) is 0.444. The molecule has 9 heteroatoms. The second kappa shape index (κ2) is 7.34. The van der Waals surface area contributed by atoms with Crippen LogP contribution in [0.4, 0.5) is 21.8 Å². The number of pyridine rings is 1. The fourth-order valence-corrected chi connectivity index (χ4v) is 3.44. The van der Waals surface area contributed by atoms with E-state index in [0.29, 0.717) is 31.3 Å². The van der Waals surface area contributed by atoms with Gasteiger partial charge in [-0.15, -0.1) is 0 Å². The number of aromatic nitrogens is 3. The molecule has 0 spiro atoms. The van der Waals surface area contributed by atoms with Crippen LogP contribution in [0, 0.1) is 5.82 Å². The van der Waals surface area contributed by atoms with Gasteiger partial charge in [-0.2, -0.15) is 0 Å². The molecule has 0 bridgehead atoms. The molecule has 2 aromatic heterocycles. The van der Waals surface area contributed by atoms with Crippen LogP contribution >= 0.6 is 0 Å². The first-order valence-electron chi connectivity index (χ1n) is 9.03. The first-order chi connectivity index (χ1) is 13.1. The van der Waals surface area contributed by atoms with Gasteiger partial charge in [-0.3, -0.25) is 4.79 Å². The van der Waals surface area contributed by atoms with Crippen LogP contribution in [0.2, 0.25) is 0 Å². The van der Waals surface area contributed by atoms with Gasteiger partial charge >= 0.3 is 0 Å². The van der Waals surface area contributed by atoms with Crippen molar-refractivity contribution in [3.63, 3.8) is 0 Å². The molecule has 4 rings (SSSR count). The summed E-state index contributed by atoms with van der Waals surface area (Å²) in [6.07, 6.45) is 3.97. The third-order valence-electron chi connectivity index (χ3n) is 5.01. The van der Waals surface area contributed by atoms with E-state index >= 15 is 0 Å². The van der Waals surface area contributed by atoms with Crippen LogP contribution in [0.1, 0.15) is 6.42 Å². The third kappa shape index (κ3) is 3.76. The molecule has 27 heavy (non-hydrogen) atoms. The van der Waals surface area contributed by atoms with Crippen LogP contribution in [-0.2, 0) is 4.79 Å². The summed E-state index contributed by atoms with van der Waals surface area (Å²) in [5, 5.41) is 3.39. The lowest BCUT2D eigenvalue weighted by atomic mass is 10.2. The maximum Gasteiger partial charge on any atom is 0.241 e. The average molecular weight is 371 g/mol. The van der Waals surface area contributed by atoms with E-state index in [-0.39, 0.29) is 17.8 Å². The molecule has 2 aromatic rings. The van der Waals surface area contributed by atoms with Gasteiger partial charge in [-0.25, -0.2) is 19.3 Å². The van der Waals surface area contributed by atoms with Crippen LogP contribution in [0.3, 0.4) is 0 Å². The molecule has 142 valence electrons. The lowest BCUT2D eigenvalue weighted by Crippen LogP contribution is -2.48. The van der Waals surface area contributed by atoms with Gasteiger partial charge in [-0.1, -0.05) is 0 Å². The van der Waals surface area contributed by atoms with Gasteiger partial charge in [-0.05, 0) is 18.6 Å². The molecule has 8 nitrogen and oxygen atoms in total. The molecule has 2 saturated heterocycles. The molecular formula is C18H22FN7O. The number of piperazine rings is 1. The van der Waals surface area contributed by atoms with Crippen molar-refractivity contribution in [2.45, 2.75) is 12.5 Å². The Morgan fingerprint density at radius 3 is 2.89 bits per heavy atom. The van der Waals surface area contributed by atoms with Crippen LogP contribution < -0.4 is 15.1 Å². The van der Waals surface area contributed by atoms with E-state index in [2.05, 4.69) is 20.3 Å². The molecule has 2 fully saturated rings.